The lowest BCUT2D eigenvalue weighted by Gasteiger charge is -2.40. The molecule has 1 aromatic heterocycles. The monoisotopic (exact) mass is 474 g/mol. The molecule has 1 aliphatic heterocycles. The minimum absolute atomic E-state index is 0.0477. The van der Waals surface area contributed by atoms with E-state index in [1.165, 1.54) is 30.4 Å². The number of ketones is 1. The van der Waals surface area contributed by atoms with Crippen LogP contribution >= 0.6 is 11.3 Å². The van der Waals surface area contributed by atoms with Crippen molar-refractivity contribution in [3.05, 3.63) is 57.3 Å². The van der Waals surface area contributed by atoms with E-state index in [2.05, 4.69) is 0 Å². The predicted molar refractivity (Wildman–Crippen MR) is 122 cm³/mol. The predicted octanol–water partition coefficient (Wildman–Crippen LogP) is 4.56. The van der Waals surface area contributed by atoms with E-state index in [4.69, 9.17) is 0 Å². The maximum absolute atomic E-state index is 14.4. The SMILES string of the molecule is CC(=O)c1ccc(C(=O)N2CCC(C(Cc3ccc(F)cc3F)N(C)C(=O)C3CC3)CC2)s1. The van der Waals surface area contributed by atoms with E-state index in [9.17, 15) is 23.2 Å². The molecule has 0 N–H and O–H groups in total. The zero-order valence-electron chi connectivity index (χ0n) is 18.9. The van der Waals surface area contributed by atoms with Gasteiger partial charge < -0.3 is 9.80 Å². The maximum Gasteiger partial charge on any atom is 0.263 e. The van der Waals surface area contributed by atoms with Gasteiger partial charge in [-0.1, -0.05) is 6.07 Å². The third-order valence-corrected chi connectivity index (χ3v) is 7.92. The molecule has 0 spiro atoms. The van der Waals surface area contributed by atoms with E-state index < -0.39 is 11.6 Å². The van der Waals surface area contributed by atoms with Gasteiger partial charge in [0, 0.05) is 38.2 Å². The Morgan fingerprint density at radius 2 is 1.73 bits per heavy atom. The zero-order chi connectivity index (χ0) is 23.7. The molecule has 8 heteroatoms. The number of hydrogen-bond acceptors (Lipinski definition) is 4. The largest absolute Gasteiger partial charge is 0.342 e. The molecular formula is C25H28F2N2O3S. The lowest BCUT2D eigenvalue weighted by atomic mass is 9.84. The Morgan fingerprint density at radius 1 is 1.06 bits per heavy atom. The maximum atomic E-state index is 14.4. The molecular weight excluding hydrogens is 446 g/mol. The number of piperidine rings is 1. The van der Waals surface area contributed by atoms with Gasteiger partial charge in [0.05, 0.1) is 9.75 Å². The number of hydrogen-bond donors (Lipinski definition) is 0. The Bertz CT molecular complexity index is 1060. The highest BCUT2D eigenvalue weighted by Gasteiger charge is 2.38. The topological polar surface area (TPSA) is 57.7 Å². The number of likely N-dealkylation sites (N-methyl/N-ethyl adjacent to an activating group) is 1. The standard InChI is InChI=1S/C25H28F2N2O3S/c1-15(30)22-7-8-23(33-22)25(32)29-11-9-16(10-12-29)21(28(2)24(31)17-3-4-17)13-18-5-6-19(26)14-20(18)27/h5-8,14,16-17,21H,3-4,9-13H2,1-2H3. The van der Waals surface area contributed by atoms with Crippen molar-refractivity contribution in [2.45, 2.75) is 45.1 Å². The number of nitrogens with zero attached hydrogens (tertiary/aromatic N) is 2. The Kier molecular flexibility index (Phi) is 6.93. The third-order valence-electron chi connectivity index (χ3n) is 6.75. The van der Waals surface area contributed by atoms with Crippen LogP contribution in [-0.2, 0) is 11.2 Å². The molecule has 0 bridgehead atoms. The van der Waals surface area contributed by atoms with Gasteiger partial charge in [-0.05, 0) is 68.7 Å². The second-order valence-corrected chi connectivity index (χ2v) is 10.2. The highest BCUT2D eigenvalue weighted by molar-refractivity contribution is 7.15. The van der Waals surface area contributed by atoms with Crippen molar-refractivity contribution in [2.24, 2.45) is 11.8 Å². The molecule has 2 amide bonds. The Morgan fingerprint density at radius 3 is 2.30 bits per heavy atom. The van der Waals surface area contributed by atoms with Crippen LogP contribution in [0.25, 0.3) is 0 Å². The Balaban J connectivity index is 1.46. The summed E-state index contributed by atoms with van der Waals surface area (Å²) in [5, 5.41) is 0. The van der Waals surface area contributed by atoms with Crippen LogP contribution in [0, 0.1) is 23.5 Å². The van der Waals surface area contributed by atoms with Gasteiger partial charge in [0.15, 0.2) is 5.78 Å². The molecule has 1 aromatic carbocycles. The first-order chi connectivity index (χ1) is 15.7. The summed E-state index contributed by atoms with van der Waals surface area (Å²) in [6.07, 6.45) is 3.46. The van der Waals surface area contributed by atoms with E-state index >= 15 is 0 Å². The van der Waals surface area contributed by atoms with Gasteiger partial charge in [-0.3, -0.25) is 14.4 Å². The molecule has 33 heavy (non-hydrogen) atoms. The van der Waals surface area contributed by atoms with Crippen molar-refractivity contribution in [3.8, 4) is 0 Å². The molecule has 1 unspecified atom stereocenters. The number of amides is 2. The molecule has 2 heterocycles. The lowest BCUT2D eigenvalue weighted by Crippen LogP contribution is -2.48. The van der Waals surface area contributed by atoms with Gasteiger partial charge in [-0.25, -0.2) is 8.78 Å². The number of likely N-dealkylation sites (tertiary alicyclic amines) is 1. The van der Waals surface area contributed by atoms with Crippen LogP contribution in [0.15, 0.2) is 30.3 Å². The highest BCUT2D eigenvalue weighted by Crippen LogP contribution is 2.34. The summed E-state index contributed by atoms with van der Waals surface area (Å²) < 4.78 is 27.8. The van der Waals surface area contributed by atoms with Crippen LogP contribution in [0.1, 0.15) is 57.5 Å². The first-order valence-electron chi connectivity index (χ1n) is 11.3. The summed E-state index contributed by atoms with van der Waals surface area (Å²) in [5.74, 6) is -1.14. The minimum atomic E-state index is -0.622. The van der Waals surface area contributed by atoms with Gasteiger partial charge >= 0.3 is 0 Å². The number of carbonyl (C=O) groups is 3. The van der Waals surface area contributed by atoms with Crippen LogP contribution < -0.4 is 0 Å². The fourth-order valence-electron chi connectivity index (χ4n) is 4.60. The van der Waals surface area contributed by atoms with Crippen molar-refractivity contribution in [1.82, 2.24) is 9.80 Å². The second-order valence-electron chi connectivity index (χ2n) is 9.08. The number of rotatable bonds is 7. The number of benzene rings is 1. The molecule has 5 nitrogen and oxygen atoms in total. The third kappa shape index (κ3) is 5.32. The van der Waals surface area contributed by atoms with Gasteiger partial charge in [-0.2, -0.15) is 0 Å². The number of thiophene rings is 1. The molecule has 1 aliphatic carbocycles. The van der Waals surface area contributed by atoms with E-state index in [0.29, 0.717) is 47.7 Å². The van der Waals surface area contributed by atoms with Crippen molar-refractivity contribution in [2.75, 3.05) is 20.1 Å². The van der Waals surface area contributed by atoms with Crippen molar-refractivity contribution < 1.29 is 23.2 Å². The molecule has 2 aliphatic rings. The Labute approximate surface area is 196 Å². The molecule has 2 aromatic rings. The fourth-order valence-corrected chi connectivity index (χ4v) is 5.47. The summed E-state index contributed by atoms with van der Waals surface area (Å²) in [4.78, 5) is 41.9. The summed E-state index contributed by atoms with van der Waals surface area (Å²) >= 11 is 1.21. The number of carbonyl (C=O) groups excluding carboxylic acids is 3. The van der Waals surface area contributed by atoms with Crippen LogP contribution in [-0.4, -0.2) is 53.6 Å². The summed E-state index contributed by atoms with van der Waals surface area (Å²) in [6.45, 7) is 2.55. The van der Waals surface area contributed by atoms with Crippen LogP contribution in [0.3, 0.4) is 0 Å². The average molecular weight is 475 g/mol. The first kappa shape index (κ1) is 23.5. The molecule has 2 fully saturated rings. The van der Waals surface area contributed by atoms with Gasteiger partial charge in [0.1, 0.15) is 11.6 Å². The molecule has 4 rings (SSSR count). The van der Waals surface area contributed by atoms with Gasteiger partial charge in [0.2, 0.25) is 5.91 Å². The number of halogens is 2. The van der Waals surface area contributed by atoms with Gasteiger partial charge in [0.25, 0.3) is 5.91 Å². The first-order valence-corrected chi connectivity index (χ1v) is 12.2. The van der Waals surface area contributed by atoms with Crippen molar-refractivity contribution >= 4 is 28.9 Å². The quantitative estimate of drug-likeness (QED) is 0.553. The second kappa shape index (κ2) is 9.71. The molecule has 1 saturated carbocycles. The van der Waals surface area contributed by atoms with E-state index in [1.54, 1.807) is 29.0 Å². The average Bonchev–Trinajstić information content (AvgIpc) is 3.53. The minimum Gasteiger partial charge on any atom is -0.342 e. The van der Waals surface area contributed by atoms with Crippen molar-refractivity contribution in [3.63, 3.8) is 0 Å². The highest BCUT2D eigenvalue weighted by atomic mass is 32.1. The van der Waals surface area contributed by atoms with Gasteiger partial charge in [-0.15, -0.1) is 11.3 Å². The molecule has 176 valence electrons. The van der Waals surface area contributed by atoms with E-state index in [-0.39, 0.29) is 35.5 Å². The van der Waals surface area contributed by atoms with E-state index in [1.807, 2.05) is 0 Å². The summed E-state index contributed by atoms with van der Waals surface area (Å²) in [7, 11) is 1.78. The van der Waals surface area contributed by atoms with Crippen LogP contribution in [0.2, 0.25) is 0 Å². The van der Waals surface area contributed by atoms with Crippen LogP contribution in [0.4, 0.5) is 8.78 Å². The normalized spacial score (nSPS) is 17.6. The molecule has 1 saturated heterocycles. The Hall–Kier alpha value is -2.61. The smallest absolute Gasteiger partial charge is 0.263 e. The lowest BCUT2D eigenvalue weighted by molar-refractivity contribution is -0.134. The van der Waals surface area contributed by atoms with E-state index in [0.717, 1.165) is 18.9 Å². The zero-order valence-corrected chi connectivity index (χ0v) is 19.7. The summed E-state index contributed by atoms with van der Waals surface area (Å²) in [5.41, 5.74) is 0.394. The fraction of sp³-hybridized carbons (Fsp3) is 0.480. The number of Topliss-reactive ketones (excluding diaryl/α,β-unsaturated/α-hetero) is 1. The van der Waals surface area contributed by atoms with Crippen molar-refractivity contribution in [1.29, 1.82) is 0 Å². The summed E-state index contributed by atoms with van der Waals surface area (Å²) in [6, 6.07) is 6.73. The molecule has 1 atom stereocenters. The molecule has 0 radical (unpaired) electrons. The van der Waals surface area contributed by atoms with Crippen LogP contribution in [0.5, 0.6) is 0 Å².